The summed E-state index contributed by atoms with van der Waals surface area (Å²) in [6, 6.07) is 5.21. The highest BCUT2D eigenvalue weighted by Crippen LogP contribution is 2.45. The van der Waals surface area contributed by atoms with Crippen LogP contribution in [0, 0.1) is 25.2 Å². The number of benzene rings is 1. The first kappa shape index (κ1) is 21.3. The van der Waals surface area contributed by atoms with Crippen molar-refractivity contribution in [3.63, 3.8) is 0 Å². The fourth-order valence-electron chi connectivity index (χ4n) is 4.56. The van der Waals surface area contributed by atoms with Crippen molar-refractivity contribution in [1.29, 1.82) is 0 Å². The highest BCUT2D eigenvalue weighted by molar-refractivity contribution is 6.10. The first-order chi connectivity index (χ1) is 13.6. The SMILES string of the molecule is CCC(C)(C)C1CCC2(CC1)NC(=O)N(CC(=O)Nc1cccc(C)c1C)C2=O. The van der Waals surface area contributed by atoms with E-state index in [2.05, 4.69) is 31.4 Å². The molecule has 1 aromatic carbocycles. The summed E-state index contributed by atoms with van der Waals surface area (Å²) >= 11 is 0. The minimum absolute atomic E-state index is 0.235. The van der Waals surface area contributed by atoms with Crippen molar-refractivity contribution in [1.82, 2.24) is 10.2 Å². The molecule has 1 aliphatic carbocycles. The van der Waals surface area contributed by atoms with Gasteiger partial charge in [0.1, 0.15) is 12.1 Å². The lowest BCUT2D eigenvalue weighted by atomic mass is 9.65. The average molecular weight is 400 g/mol. The van der Waals surface area contributed by atoms with E-state index in [1.54, 1.807) is 0 Å². The van der Waals surface area contributed by atoms with Gasteiger partial charge in [-0.2, -0.15) is 0 Å². The van der Waals surface area contributed by atoms with Crippen LogP contribution in [-0.2, 0) is 9.59 Å². The Morgan fingerprint density at radius 2 is 1.90 bits per heavy atom. The van der Waals surface area contributed by atoms with Crippen molar-refractivity contribution >= 4 is 23.5 Å². The molecule has 4 amide bonds. The molecule has 0 radical (unpaired) electrons. The zero-order valence-corrected chi connectivity index (χ0v) is 18.2. The first-order valence-electron chi connectivity index (χ1n) is 10.6. The molecular formula is C23H33N3O3. The van der Waals surface area contributed by atoms with Gasteiger partial charge in [-0.1, -0.05) is 39.3 Å². The number of urea groups is 1. The van der Waals surface area contributed by atoms with Crippen molar-refractivity contribution in [3.05, 3.63) is 29.3 Å². The van der Waals surface area contributed by atoms with Gasteiger partial charge in [-0.05, 0) is 68.1 Å². The number of nitrogens with zero attached hydrogens (tertiary/aromatic N) is 1. The number of rotatable bonds is 5. The number of amides is 4. The molecule has 1 aromatic rings. The topological polar surface area (TPSA) is 78.5 Å². The summed E-state index contributed by atoms with van der Waals surface area (Å²) < 4.78 is 0. The van der Waals surface area contributed by atoms with Crippen LogP contribution in [0.4, 0.5) is 10.5 Å². The van der Waals surface area contributed by atoms with Gasteiger partial charge in [-0.15, -0.1) is 0 Å². The third-order valence-corrected chi connectivity index (χ3v) is 7.28. The van der Waals surface area contributed by atoms with Crippen LogP contribution in [-0.4, -0.2) is 34.8 Å². The molecule has 29 heavy (non-hydrogen) atoms. The number of carbonyl (C=O) groups excluding carboxylic acids is 3. The molecule has 2 fully saturated rings. The summed E-state index contributed by atoms with van der Waals surface area (Å²) in [4.78, 5) is 39.2. The Bertz CT molecular complexity index is 823. The molecule has 1 saturated carbocycles. The number of imide groups is 1. The van der Waals surface area contributed by atoms with Gasteiger partial charge in [0.2, 0.25) is 5.91 Å². The van der Waals surface area contributed by atoms with Gasteiger partial charge in [0, 0.05) is 5.69 Å². The molecule has 0 aromatic heterocycles. The normalized spacial score (nSPS) is 24.7. The number of hydrogen-bond donors (Lipinski definition) is 2. The van der Waals surface area contributed by atoms with E-state index in [1.807, 2.05) is 32.0 Å². The summed E-state index contributed by atoms with van der Waals surface area (Å²) in [6.45, 7) is 10.4. The quantitative estimate of drug-likeness (QED) is 0.730. The molecule has 2 N–H and O–H groups in total. The summed E-state index contributed by atoms with van der Waals surface area (Å²) in [7, 11) is 0. The van der Waals surface area contributed by atoms with Gasteiger partial charge in [0.05, 0.1) is 0 Å². The minimum Gasteiger partial charge on any atom is -0.324 e. The van der Waals surface area contributed by atoms with Crippen LogP contribution in [0.5, 0.6) is 0 Å². The Balaban J connectivity index is 1.65. The Labute approximate surface area is 173 Å². The third kappa shape index (κ3) is 4.02. The van der Waals surface area contributed by atoms with Crippen LogP contribution in [0.1, 0.15) is 64.0 Å². The number of hydrogen-bond acceptors (Lipinski definition) is 3. The van der Waals surface area contributed by atoms with E-state index in [1.165, 1.54) is 0 Å². The lowest BCUT2D eigenvalue weighted by molar-refractivity contribution is -0.135. The van der Waals surface area contributed by atoms with Crippen molar-refractivity contribution in [2.24, 2.45) is 11.3 Å². The summed E-state index contributed by atoms with van der Waals surface area (Å²) in [5.74, 6) is -0.0732. The van der Waals surface area contributed by atoms with E-state index in [4.69, 9.17) is 0 Å². The van der Waals surface area contributed by atoms with Crippen LogP contribution in [0.3, 0.4) is 0 Å². The zero-order valence-electron chi connectivity index (χ0n) is 18.2. The maximum absolute atomic E-state index is 13.1. The van der Waals surface area contributed by atoms with Crippen LogP contribution in [0.25, 0.3) is 0 Å². The standard InChI is InChI=1S/C23H33N3O3/c1-6-22(4,5)17-10-12-23(13-11-17)20(28)26(21(29)25-23)14-19(27)24-18-9-7-8-15(2)16(18)3/h7-9,17H,6,10-14H2,1-5H3,(H,24,27)(H,25,29). The summed E-state index contributed by atoms with van der Waals surface area (Å²) in [5, 5.41) is 5.74. The largest absolute Gasteiger partial charge is 0.325 e. The van der Waals surface area contributed by atoms with Crippen molar-refractivity contribution < 1.29 is 14.4 Å². The number of carbonyl (C=O) groups is 3. The number of aryl methyl sites for hydroxylation is 1. The Kier molecular flexibility index (Phi) is 5.74. The zero-order chi connectivity index (χ0) is 21.4. The molecule has 0 unspecified atom stereocenters. The van der Waals surface area contributed by atoms with Crippen LogP contribution >= 0.6 is 0 Å². The van der Waals surface area contributed by atoms with Crippen molar-refractivity contribution in [3.8, 4) is 0 Å². The van der Waals surface area contributed by atoms with Crippen LogP contribution in [0.2, 0.25) is 0 Å². The molecule has 6 nitrogen and oxygen atoms in total. The maximum Gasteiger partial charge on any atom is 0.325 e. The molecule has 1 heterocycles. The second-order valence-electron chi connectivity index (χ2n) is 9.32. The molecule has 1 saturated heterocycles. The molecular weight excluding hydrogens is 366 g/mol. The Morgan fingerprint density at radius 3 is 2.52 bits per heavy atom. The molecule has 2 aliphatic rings. The van der Waals surface area contributed by atoms with E-state index >= 15 is 0 Å². The van der Waals surface area contributed by atoms with Gasteiger partial charge in [0.25, 0.3) is 5.91 Å². The van der Waals surface area contributed by atoms with E-state index in [9.17, 15) is 14.4 Å². The van der Waals surface area contributed by atoms with E-state index in [0.717, 1.165) is 35.3 Å². The second kappa shape index (κ2) is 7.81. The van der Waals surface area contributed by atoms with Crippen molar-refractivity contribution in [2.75, 3.05) is 11.9 Å². The van der Waals surface area contributed by atoms with Crippen molar-refractivity contribution in [2.45, 2.75) is 72.3 Å². The van der Waals surface area contributed by atoms with Gasteiger partial charge in [-0.25, -0.2) is 4.79 Å². The van der Waals surface area contributed by atoms with Crippen LogP contribution in [0.15, 0.2) is 18.2 Å². The molecule has 0 atom stereocenters. The fourth-order valence-corrected chi connectivity index (χ4v) is 4.56. The van der Waals surface area contributed by atoms with Crippen LogP contribution < -0.4 is 10.6 Å². The van der Waals surface area contributed by atoms with Gasteiger partial charge in [-0.3, -0.25) is 14.5 Å². The predicted octanol–water partition coefficient (Wildman–Crippen LogP) is 4.16. The monoisotopic (exact) mass is 399 g/mol. The van der Waals surface area contributed by atoms with Gasteiger partial charge in [0.15, 0.2) is 0 Å². The van der Waals surface area contributed by atoms with E-state index in [-0.39, 0.29) is 23.8 Å². The predicted molar refractivity (Wildman–Crippen MR) is 114 cm³/mol. The molecule has 158 valence electrons. The lowest BCUT2D eigenvalue weighted by Gasteiger charge is -2.42. The molecule has 0 bridgehead atoms. The smallest absolute Gasteiger partial charge is 0.324 e. The highest BCUT2D eigenvalue weighted by atomic mass is 16.2. The number of anilines is 1. The fraction of sp³-hybridized carbons (Fsp3) is 0.609. The highest BCUT2D eigenvalue weighted by Gasteiger charge is 2.53. The molecule has 1 aliphatic heterocycles. The molecule has 6 heteroatoms. The molecule has 1 spiro atoms. The van der Waals surface area contributed by atoms with E-state index < -0.39 is 11.6 Å². The van der Waals surface area contributed by atoms with Gasteiger partial charge < -0.3 is 10.6 Å². The Hall–Kier alpha value is -2.37. The van der Waals surface area contributed by atoms with Gasteiger partial charge >= 0.3 is 6.03 Å². The third-order valence-electron chi connectivity index (χ3n) is 7.28. The average Bonchev–Trinajstić information content (AvgIpc) is 2.90. The first-order valence-corrected chi connectivity index (χ1v) is 10.6. The summed E-state index contributed by atoms with van der Waals surface area (Å²) in [5.41, 5.74) is 2.16. The maximum atomic E-state index is 13.1. The molecule has 3 rings (SSSR count). The minimum atomic E-state index is -0.836. The lowest BCUT2D eigenvalue weighted by Crippen LogP contribution is -2.51. The Morgan fingerprint density at radius 1 is 1.24 bits per heavy atom. The summed E-state index contributed by atoms with van der Waals surface area (Å²) in [6.07, 6.45) is 4.20. The second-order valence-corrected chi connectivity index (χ2v) is 9.32. The number of nitrogens with one attached hydrogen (secondary N) is 2. The van der Waals surface area contributed by atoms with E-state index in [0.29, 0.717) is 24.4 Å².